The Labute approximate surface area is 188 Å². The van der Waals surface area contributed by atoms with Crippen LogP contribution in [0.25, 0.3) is 11.4 Å². The molecule has 2 aromatic carbocycles. The fourth-order valence-corrected chi connectivity index (χ4v) is 2.80. The maximum Gasteiger partial charge on any atom is 0.191 e. The summed E-state index contributed by atoms with van der Waals surface area (Å²) in [4.78, 5) is 8.90. The number of hydrogen-bond donors (Lipinski definition) is 3. The molecule has 0 saturated heterocycles. The van der Waals surface area contributed by atoms with Crippen molar-refractivity contribution < 1.29 is 4.74 Å². The number of halogens is 1. The van der Waals surface area contributed by atoms with Crippen LogP contribution in [0.1, 0.15) is 25.0 Å². The second kappa shape index (κ2) is 12.1. The van der Waals surface area contributed by atoms with Crippen LogP contribution in [0.5, 0.6) is 5.75 Å². The molecular weight excluding hydrogens is 479 g/mol. The number of nitrogens with zero attached hydrogens (tertiary/aromatic N) is 3. The van der Waals surface area contributed by atoms with Gasteiger partial charge in [0.05, 0.1) is 13.2 Å². The van der Waals surface area contributed by atoms with Gasteiger partial charge >= 0.3 is 0 Å². The van der Waals surface area contributed by atoms with Crippen molar-refractivity contribution >= 4 is 29.9 Å². The molecule has 3 rings (SSSR count). The molecule has 0 aliphatic heterocycles. The van der Waals surface area contributed by atoms with E-state index in [0.717, 1.165) is 40.8 Å². The summed E-state index contributed by atoms with van der Waals surface area (Å²) in [6.45, 7) is 6.67. The highest BCUT2D eigenvalue weighted by Gasteiger charge is 2.05. The monoisotopic (exact) mass is 506 g/mol. The van der Waals surface area contributed by atoms with Crippen molar-refractivity contribution in [2.24, 2.45) is 4.99 Å². The van der Waals surface area contributed by atoms with Crippen molar-refractivity contribution in [2.75, 3.05) is 13.2 Å². The Bertz CT molecular complexity index is 898. The molecule has 0 fully saturated rings. The highest BCUT2D eigenvalue weighted by Crippen LogP contribution is 2.18. The molecule has 0 unspecified atom stereocenters. The molecule has 1 aromatic heterocycles. The lowest BCUT2D eigenvalue weighted by Crippen LogP contribution is -2.36. The van der Waals surface area contributed by atoms with E-state index in [-0.39, 0.29) is 24.0 Å². The minimum atomic E-state index is 0. The molecule has 3 aromatic rings. The van der Waals surface area contributed by atoms with Crippen molar-refractivity contribution in [1.29, 1.82) is 0 Å². The molecule has 1 heterocycles. The van der Waals surface area contributed by atoms with Crippen LogP contribution < -0.4 is 15.4 Å². The minimum Gasteiger partial charge on any atom is -0.494 e. The first-order valence-corrected chi connectivity index (χ1v) is 9.47. The maximum atomic E-state index is 5.69. The molecule has 154 valence electrons. The molecule has 0 atom stereocenters. The number of benzene rings is 2. The van der Waals surface area contributed by atoms with Gasteiger partial charge in [0.25, 0.3) is 0 Å². The Balaban J connectivity index is 0.00000300. The normalized spacial score (nSPS) is 10.9. The van der Waals surface area contributed by atoms with E-state index < -0.39 is 0 Å². The smallest absolute Gasteiger partial charge is 0.191 e. The van der Waals surface area contributed by atoms with Crippen molar-refractivity contribution in [3.63, 3.8) is 0 Å². The Hall–Kier alpha value is -2.62. The summed E-state index contributed by atoms with van der Waals surface area (Å²) in [6.07, 6.45) is 1.51. The summed E-state index contributed by atoms with van der Waals surface area (Å²) >= 11 is 0. The van der Waals surface area contributed by atoms with Crippen molar-refractivity contribution in [3.05, 3.63) is 66.0 Å². The molecule has 0 aliphatic rings. The highest BCUT2D eigenvalue weighted by atomic mass is 127. The summed E-state index contributed by atoms with van der Waals surface area (Å²) in [5, 5.41) is 13.5. The van der Waals surface area contributed by atoms with Crippen LogP contribution in [-0.2, 0) is 13.1 Å². The van der Waals surface area contributed by atoms with Crippen LogP contribution >= 0.6 is 24.0 Å². The molecule has 0 aliphatic carbocycles. The summed E-state index contributed by atoms with van der Waals surface area (Å²) in [5.41, 5.74) is 3.19. The van der Waals surface area contributed by atoms with E-state index in [1.165, 1.54) is 6.33 Å². The van der Waals surface area contributed by atoms with Gasteiger partial charge in [0, 0.05) is 24.2 Å². The van der Waals surface area contributed by atoms with E-state index >= 15 is 0 Å². The average Bonchev–Trinajstić information content (AvgIpc) is 3.26. The number of rotatable bonds is 8. The third-order valence-electron chi connectivity index (χ3n) is 4.10. The van der Waals surface area contributed by atoms with E-state index in [4.69, 9.17) is 9.73 Å². The van der Waals surface area contributed by atoms with E-state index in [1.807, 2.05) is 37.3 Å². The lowest BCUT2D eigenvalue weighted by Gasteiger charge is -2.14. The van der Waals surface area contributed by atoms with Crippen LogP contribution in [0.2, 0.25) is 0 Å². The van der Waals surface area contributed by atoms with Gasteiger partial charge in [-0.3, -0.25) is 5.10 Å². The zero-order valence-electron chi connectivity index (χ0n) is 16.7. The standard InChI is InChI=1S/C21H26N6O.HI/c1-3-22-21(24-14-18-9-5-6-11-19(18)28-4-2)23-13-16-8-7-10-17(12-16)20-25-15-26-27-20;/h5-12,15H,3-4,13-14H2,1-2H3,(H2,22,23,24)(H,25,26,27);1H. The quantitative estimate of drug-likeness (QED) is 0.246. The van der Waals surface area contributed by atoms with Crippen LogP contribution in [0, 0.1) is 0 Å². The molecule has 29 heavy (non-hydrogen) atoms. The zero-order valence-corrected chi connectivity index (χ0v) is 19.0. The molecule has 0 radical (unpaired) electrons. The van der Waals surface area contributed by atoms with Gasteiger partial charge in [0.15, 0.2) is 11.8 Å². The SMILES string of the molecule is CCNC(=NCc1cccc(-c2ncn[nH]2)c1)NCc1ccccc1OCC.I. The summed E-state index contributed by atoms with van der Waals surface area (Å²) in [7, 11) is 0. The summed E-state index contributed by atoms with van der Waals surface area (Å²) in [5.74, 6) is 2.41. The molecule has 7 nitrogen and oxygen atoms in total. The molecule has 8 heteroatoms. The number of ether oxygens (including phenoxy) is 1. The topological polar surface area (TPSA) is 87.2 Å². The van der Waals surface area contributed by atoms with Gasteiger partial charge in [-0.1, -0.05) is 36.4 Å². The van der Waals surface area contributed by atoms with Gasteiger partial charge < -0.3 is 15.4 Å². The average molecular weight is 506 g/mol. The number of guanidine groups is 1. The number of aromatic amines is 1. The Morgan fingerprint density at radius 3 is 2.72 bits per heavy atom. The van der Waals surface area contributed by atoms with Gasteiger partial charge in [-0.05, 0) is 31.5 Å². The lowest BCUT2D eigenvalue weighted by molar-refractivity contribution is 0.336. The minimum absolute atomic E-state index is 0. The second-order valence-electron chi connectivity index (χ2n) is 6.12. The molecular formula is C21H27IN6O. The summed E-state index contributed by atoms with van der Waals surface area (Å²) in [6, 6.07) is 16.2. The first-order valence-electron chi connectivity index (χ1n) is 9.47. The van der Waals surface area contributed by atoms with E-state index in [1.54, 1.807) is 0 Å². The number of H-pyrrole nitrogens is 1. The molecule has 0 saturated carbocycles. The van der Waals surface area contributed by atoms with Gasteiger partial charge in [-0.25, -0.2) is 9.98 Å². The van der Waals surface area contributed by atoms with E-state index in [0.29, 0.717) is 19.7 Å². The maximum absolute atomic E-state index is 5.69. The molecule has 0 amide bonds. The van der Waals surface area contributed by atoms with Crippen molar-refractivity contribution in [3.8, 4) is 17.1 Å². The van der Waals surface area contributed by atoms with Crippen LogP contribution in [-0.4, -0.2) is 34.3 Å². The number of aromatic nitrogens is 3. The predicted octanol–water partition coefficient (Wildman–Crippen LogP) is 3.74. The van der Waals surface area contributed by atoms with Gasteiger partial charge in [-0.2, -0.15) is 5.10 Å². The van der Waals surface area contributed by atoms with Gasteiger partial charge in [0.1, 0.15) is 12.1 Å². The van der Waals surface area contributed by atoms with E-state index in [9.17, 15) is 0 Å². The first-order chi connectivity index (χ1) is 13.8. The third-order valence-corrected chi connectivity index (χ3v) is 4.10. The number of para-hydroxylation sites is 1. The van der Waals surface area contributed by atoms with Crippen LogP contribution in [0.4, 0.5) is 0 Å². The van der Waals surface area contributed by atoms with Gasteiger partial charge in [0.2, 0.25) is 0 Å². The third kappa shape index (κ3) is 6.74. The lowest BCUT2D eigenvalue weighted by atomic mass is 10.1. The predicted molar refractivity (Wildman–Crippen MR) is 127 cm³/mol. The molecule has 3 N–H and O–H groups in total. The fourth-order valence-electron chi connectivity index (χ4n) is 2.80. The first kappa shape index (κ1) is 22.7. The van der Waals surface area contributed by atoms with Crippen molar-refractivity contribution in [1.82, 2.24) is 25.8 Å². The Morgan fingerprint density at radius 2 is 1.97 bits per heavy atom. The zero-order chi connectivity index (χ0) is 19.6. The largest absolute Gasteiger partial charge is 0.494 e. The molecule has 0 bridgehead atoms. The number of aliphatic imine (C=N–C) groups is 1. The van der Waals surface area contributed by atoms with Crippen LogP contribution in [0.3, 0.4) is 0 Å². The second-order valence-corrected chi connectivity index (χ2v) is 6.12. The molecule has 0 spiro atoms. The fraction of sp³-hybridized carbons (Fsp3) is 0.286. The van der Waals surface area contributed by atoms with E-state index in [2.05, 4.69) is 50.9 Å². The Kier molecular flexibility index (Phi) is 9.42. The van der Waals surface area contributed by atoms with Crippen molar-refractivity contribution in [2.45, 2.75) is 26.9 Å². The Morgan fingerprint density at radius 1 is 1.10 bits per heavy atom. The van der Waals surface area contributed by atoms with Crippen LogP contribution in [0.15, 0.2) is 59.9 Å². The summed E-state index contributed by atoms with van der Waals surface area (Å²) < 4.78 is 5.69. The highest BCUT2D eigenvalue weighted by molar-refractivity contribution is 14.0. The number of nitrogens with one attached hydrogen (secondary N) is 3. The number of hydrogen-bond acceptors (Lipinski definition) is 4. The van der Waals surface area contributed by atoms with Gasteiger partial charge in [-0.15, -0.1) is 24.0 Å².